The van der Waals surface area contributed by atoms with E-state index in [1.165, 1.54) is 0 Å². The molecule has 0 aromatic heterocycles. The predicted molar refractivity (Wildman–Crippen MR) is 94.8 cm³/mol. The van der Waals surface area contributed by atoms with Gasteiger partial charge in [-0.1, -0.05) is 30.3 Å². The lowest BCUT2D eigenvalue weighted by atomic mass is 10.2. The number of hydrogen-bond acceptors (Lipinski definition) is 3. The van der Waals surface area contributed by atoms with Crippen LogP contribution in [0.25, 0.3) is 0 Å². The van der Waals surface area contributed by atoms with Crippen LogP contribution in [0.3, 0.4) is 0 Å². The van der Waals surface area contributed by atoms with Crippen molar-refractivity contribution in [2.75, 3.05) is 18.9 Å². The molecule has 0 radical (unpaired) electrons. The number of hydrogen-bond donors (Lipinski definition) is 2. The molecular formula is C18H22N2O2S. The Hall–Kier alpha value is -1.98. The van der Waals surface area contributed by atoms with Crippen LogP contribution in [0.4, 0.5) is 5.69 Å². The lowest BCUT2D eigenvalue weighted by molar-refractivity contribution is -0.116. The first-order chi connectivity index (χ1) is 11.2. The van der Waals surface area contributed by atoms with Crippen LogP contribution < -0.4 is 10.6 Å². The second kappa shape index (κ2) is 9.22. The van der Waals surface area contributed by atoms with Gasteiger partial charge in [-0.05, 0) is 49.8 Å². The largest absolute Gasteiger partial charge is 0.326 e. The maximum absolute atomic E-state index is 12.3. The van der Waals surface area contributed by atoms with E-state index in [2.05, 4.69) is 10.6 Å². The zero-order valence-electron chi connectivity index (χ0n) is 13.2. The zero-order valence-corrected chi connectivity index (χ0v) is 14.1. The third-order valence-electron chi connectivity index (χ3n) is 3.35. The molecule has 5 heteroatoms. The Balaban J connectivity index is 1.94. The van der Waals surface area contributed by atoms with Gasteiger partial charge in [0.25, 0.3) is 0 Å². The first-order valence-corrected chi connectivity index (χ1v) is 8.98. The maximum atomic E-state index is 12.3. The van der Waals surface area contributed by atoms with Crippen LogP contribution in [0.2, 0.25) is 0 Å². The Bertz CT molecular complexity index is 659. The Labute approximate surface area is 139 Å². The highest BCUT2D eigenvalue weighted by Crippen LogP contribution is 2.16. The fourth-order valence-corrected chi connectivity index (χ4v) is 3.30. The van der Waals surface area contributed by atoms with Crippen molar-refractivity contribution in [3.63, 3.8) is 0 Å². The summed E-state index contributed by atoms with van der Waals surface area (Å²) in [6, 6.07) is 16.9. The molecule has 2 aromatic carbocycles. The molecule has 0 spiro atoms. The topological polar surface area (TPSA) is 58.2 Å². The van der Waals surface area contributed by atoms with E-state index in [0.717, 1.165) is 29.1 Å². The SMILES string of the molecule is CNCCCC(=O)Nc1cccc(CS(=O)c2ccccc2)c1. The van der Waals surface area contributed by atoms with Crippen molar-refractivity contribution >= 4 is 22.4 Å². The summed E-state index contributed by atoms with van der Waals surface area (Å²) < 4.78 is 12.3. The molecule has 0 heterocycles. The van der Waals surface area contributed by atoms with E-state index in [0.29, 0.717) is 12.2 Å². The molecule has 0 fully saturated rings. The number of benzene rings is 2. The summed E-state index contributed by atoms with van der Waals surface area (Å²) in [7, 11) is 0.787. The van der Waals surface area contributed by atoms with E-state index in [1.54, 1.807) is 0 Å². The van der Waals surface area contributed by atoms with Gasteiger partial charge in [0.2, 0.25) is 5.91 Å². The quantitative estimate of drug-likeness (QED) is 0.732. The Kier molecular flexibility index (Phi) is 6.97. The maximum Gasteiger partial charge on any atom is 0.224 e. The molecular weight excluding hydrogens is 308 g/mol. The van der Waals surface area contributed by atoms with Gasteiger partial charge in [-0.25, -0.2) is 0 Å². The van der Waals surface area contributed by atoms with Gasteiger partial charge >= 0.3 is 0 Å². The van der Waals surface area contributed by atoms with E-state index in [1.807, 2.05) is 61.6 Å². The molecule has 0 saturated carbocycles. The lowest BCUT2D eigenvalue weighted by Gasteiger charge is -2.08. The van der Waals surface area contributed by atoms with Crippen LogP contribution in [-0.4, -0.2) is 23.7 Å². The van der Waals surface area contributed by atoms with Crippen LogP contribution in [-0.2, 0) is 21.3 Å². The Morgan fingerprint density at radius 1 is 1.09 bits per heavy atom. The van der Waals surface area contributed by atoms with Gasteiger partial charge in [0, 0.05) is 17.0 Å². The van der Waals surface area contributed by atoms with Crippen LogP contribution >= 0.6 is 0 Å². The van der Waals surface area contributed by atoms with Gasteiger partial charge in [-0.3, -0.25) is 9.00 Å². The molecule has 1 unspecified atom stereocenters. The molecule has 0 saturated heterocycles. The summed E-state index contributed by atoms with van der Waals surface area (Å²) in [6.07, 6.45) is 1.29. The van der Waals surface area contributed by atoms with Crippen LogP contribution in [0.5, 0.6) is 0 Å². The summed E-state index contributed by atoms with van der Waals surface area (Å²) in [4.78, 5) is 12.7. The average Bonchev–Trinajstić information content (AvgIpc) is 2.56. The van der Waals surface area contributed by atoms with Crippen molar-refractivity contribution in [2.45, 2.75) is 23.5 Å². The summed E-state index contributed by atoms with van der Waals surface area (Å²) in [5.41, 5.74) is 1.70. The third-order valence-corrected chi connectivity index (χ3v) is 4.74. The van der Waals surface area contributed by atoms with Crippen LogP contribution in [0.1, 0.15) is 18.4 Å². The Morgan fingerprint density at radius 2 is 1.87 bits per heavy atom. The van der Waals surface area contributed by atoms with E-state index in [9.17, 15) is 9.00 Å². The van der Waals surface area contributed by atoms with Crippen molar-refractivity contribution in [3.05, 3.63) is 60.2 Å². The molecule has 0 aliphatic heterocycles. The number of carbonyl (C=O) groups excluding carboxylic acids is 1. The summed E-state index contributed by atoms with van der Waals surface area (Å²) >= 11 is 0. The minimum atomic E-state index is -1.08. The minimum Gasteiger partial charge on any atom is -0.326 e. The number of rotatable bonds is 8. The van der Waals surface area contributed by atoms with Gasteiger partial charge < -0.3 is 10.6 Å². The van der Waals surface area contributed by atoms with Gasteiger partial charge in [0.15, 0.2) is 0 Å². The van der Waals surface area contributed by atoms with Crippen molar-refractivity contribution in [1.82, 2.24) is 5.32 Å². The fraction of sp³-hybridized carbons (Fsp3) is 0.278. The van der Waals surface area contributed by atoms with Gasteiger partial charge in [-0.2, -0.15) is 0 Å². The molecule has 1 amide bonds. The molecule has 2 N–H and O–H groups in total. The smallest absolute Gasteiger partial charge is 0.224 e. The second-order valence-corrected chi connectivity index (χ2v) is 6.71. The van der Waals surface area contributed by atoms with Gasteiger partial charge in [0.05, 0.1) is 16.6 Å². The number of anilines is 1. The van der Waals surface area contributed by atoms with E-state index in [4.69, 9.17) is 0 Å². The summed E-state index contributed by atoms with van der Waals surface area (Å²) in [5.74, 6) is 0.439. The third kappa shape index (κ3) is 5.96. The van der Waals surface area contributed by atoms with Crippen LogP contribution in [0.15, 0.2) is 59.5 Å². The van der Waals surface area contributed by atoms with E-state index >= 15 is 0 Å². The van der Waals surface area contributed by atoms with Crippen molar-refractivity contribution in [1.29, 1.82) is 0 Å². The molecule has 1 atom stereocenters. The average molecular weight is 330 g/mol. The van der Waals surface area contributed by atoms with Crippen molar-refractivity contribution in [3.8, 4) is 0 Å². The minimum absolute atomic E-state index is 0.00146. The van der Waals surface area contributed by atoms with Gasteiger partial charge in [0.1, 0.15) is 0 Å². The normalized spacial score (nSPS) is 11.9. The number of carbonyl (C=O) groups is 1. The standard InChI is InChI=1S/C18H22N2O2S/c1-19-12-6-11-18(21)20-16-8-5-7-15(13-16)14-23(22)17-9-3-2-4-10-17/h2-5,7-10,13,19H,6,11-12,14H2,1H3,(H,20,21). The molecule has 4 nitrogen and oxygen atoms in total. The number of nitrogens with one attached hydrogen (secondary N) is 2. The van der Waals surface area contributed by atoms with E-state index in [-0.39, 0.29) is 5.91 Å². The van der Waals surface area contributed by atoms with Crippen molar-refractivity contribution < 1.29 is 9.00 Å². The van der Waals surface area contributed by atoms with Gasteiger partial charge in [-0.15, -0.1) is 0 Å². The second-order valence-electron chi connectivity index (χ2n) is 5.26. The highest BCUT2D eigenvalue weighted by molar-refractivity contribution is 7.84. The molecule has 122 valence electrons. The van der Waals surface area contributed by atoms with Crippen molar-refractivity contribution in [2.24, 2.45) is 0 Å². The number of amides is 1. The fourth-order valence-electron chi connectivity index (χ4n) is 2.20. The molecule has 0 aliphatic carbocycles. The van der Waals surface area contributed by atoms with Crippen LogP contribution in [0, 0.1) is 0 Å². The summed E-state index contributed by atoms with van der Waals surface area (Å²) in [5, 5.41) is 5.91. The predicted octanol–water partition coefficient (Wildman–Crippen LogP) is 2.93. The molecule has 0 aliphatic rings. The highest BCUT2D eigenvalue weighted by atomic mass is 32.2. The Morgan fingerprint density at radius 3 is 2.61 bits per heavy atom. The first-order valence-electron chi connectivity index (χ1n) is 7.66. The first kappa shape index (κ1) is 17.4. The molecule has 2 aromatic rings. The summed E-state index contributed by atoms with van der Waals surface area (Å²) in [6.45, 7) is 0.823. The highest BCUT2D eigenvalue weighted by Gasteiger charge is 2.07. The monoisotopic (exact) mass is 330 g/mol. The molecule has 2 rings (SSSR count). The van der Waals surface area contributed by atoms with E-state index < -0.39 is 10.8 Å². The molecule has 0 bridgehead atoms. The molecule has 23 heavy (non-hydrogen) atoms. The zero-order chi connectivity index (χ0) is 16.5. The lowest BCUT2D eigenvalue weighted by Crippen LogP contribution is -2.15.